The summed E-state index contributed by atoms with van der Waals surface area (Å²) in [6, 6.07) is 8.82. The largest absolute Gasteiger partial charge is 0.459 e. The summed E-state index contributed by atoms with van der Waals surface area (Å²) in [6.45, 7) is 2.13. The van der Waals surface area contributed by atoms with Crippen LogP contribution in [0.4, 0.5) is 5.69 Å². The van der Waals surface area contributed by atoms with Crippen LogP contribution in [0.25, 0.3) is 0 Å². The summed E-state index contributed by atoms with van der Waals surface area (Å²) in [6.07, 6.45) is 0.181. The van der Waals surface area contributed by atoms with Gasteiger partial charge in [0.1, 0.15) is 0 Å². The van der Waals surface area contributed by atoms with E-state index in [0.717, 1.165) is 5.69 Å². The normalized spacial score (nSPS) is 17.9. The van der Waals surface area contributed by atoms with Crippen molar-refractivity contribution in [2.75, 3.05) is 18.1 Å². The third-order valence-electron chi connectivity index (χ3n) is 2.99. The van der Waals surface area contributed by atoms with Gasteiger partial charge in [-0.25, -0.2) is 4.79 Å². The number of para-hydroxylation sites is 1. The summed E-state index contributed by atoms with van der Waals surface area (Å²) in [5, 5.41) is 2.52. The number of ether oxygens (including phenoxy) is 1. The lowest BCUT2D eigenvalue weighted by atomic mass is 10.2. The quantitative estimate of drug-likeness (QED) is 0.643. The first kappa shape index (κ1) is 14.0. The Kier molecular flexibility index (Phi) is 4.34. The molecule has 1 aromatic rings. The number of carbonyl (C=O) groups excluding carboxylic acids is 3. The Labute approximate surface area is 116 Å². The van der Waals surface area contributed by atoms with Crippen LogP contribution in [0.5, 0.6) is 0 Å². The van der Waals surface area contributed by atoms with Gasteiger partial charge >= 0.3 is 11.9 Å². The fourth-order valence-electron chi connectivity index (χ4n) is 2.10. The molecule has 1 saturated heterocycles. The van der Waals surface area contributed by atoms with Crippen LogP contribution in [0.1, 0.15) is 13.3 Å². The summed E-state index contributed by atoms with van der Waals surface area (Å²) in [7, 11) is 0. The summed E-state index contributed by atoms with van der Waals surface area (Å²) in [4.78, 5) is 36.3. The van der Waals surface area contributed by atoms with Crippen molar-refractivity contribution in [2.45, 2.75) is 19.4 Å². The topological polar surface area (TPSA) is 75.7 Å². The predicted molar refractivity (Wildman–Crippen MR) is 72.0 cm³/mol. The fourth-order valence-corrected chi connectivity index (χ4v) is 2.10. The van der Waals surface area contributed by atoms with Gasteiger partial charge < -0.3 is 15.0 Å². The molecule has 0 saturated carbocycles. The number of hydrogen-bond acceptors (Lipinski definition) is 4. The van der Waals surface area contributed by atoms with Crippen LogP contribution in [0.3, 0.4) is 0 Å². The highest BCUT2D eigenvalue weighted by molar-refractivity contribution is 6.32. The molecule has 1 aliphatic rings. The monoisotopic (exact) mass is 276 g/mol. The van der Waals surface area contributed by atoms with Crippen molar-refractivity contribution in [3.8, 4) is 0 Å². The molecule has 0 radical (unpaired) electrons. The van der Waals surface area contributed by atoms with E-state index in [0.29, 0.717) is 6.54 Å². The molecule has 6 heteroatoms. The Hall–Kier alpha value is -2.37. The van der Waals surface area contributed by atoms with E-state index in [9.17, 15) is 14.4 Å². The number of benzene rings is 1. The van der Waals surface area contributed by atoms with Crippen molar-refractivity contribution in [3.05, 3.63) is 30.3 Å². The Balaban J connectivity index is 1.96. The van der Waals surface area contributed by atoms with Crippen molar-refractivity contribution < 1.29 is 19.1 Å². The Morgan fingerprint density at radius 2 is 2.05 bits per heavy atom. The molecule has 20 heavy (non-hydrogen) atoms. The summed E-state index contributed by atoms with van der Waals surface area (Å²) < 4.78 is 4.60. The van der Waals surface area contributed by atoms with Gasteiger partial charge in [0.25, 0.3) is 0 Å². The lowest BCUT2D eigenvalue weighted by molar-refractivity contribution is -0.154. The lowest BCUT2D eigenvalue weighted by Crippen LogP contribution is -2.41. The minimum absolute atomic E-state index is 0.0784. The number of amides is 2. The third-order valence-corrected chi connectivity index (χ3v) is 2.99. The van der Waals surface area contributed by atoms with E-state index in [1.54, 1.807) is 11.8 Å². The molecule has 6 nitrogen and oxygen atoms in total. The fraction of sp³-hybridized carbons (Fsp3) is 0.357. The SMILES string of the molecule is CCOC(=O)C(=O)N[C@@H]1CC(=O)N(c2ccccc2)C1. The van der Waals surface area contributed by atoms with Gasteiger partial charge in [-0.1, -0.05) is 18.2 Å². The summed E-state index contributed by atoms with van der Waals surface area (Å²) in [5.74, 6) is -1.80. The molecule has 1 atom stereocenters. The van der Waals surface area contributed by atoms with Gasteiger partial charge in [0.05, 0.1) is 12.6 Å². The highest BCUT2D eigenvalue weighted by Crippen LogP contribution is 2.20. The number of nitrogens with one attached hydrogen (secondary N) is 1. The molecule has 0 aliphatic carbocycles. The number of anilines is 1. The van der Waals surface area contributed by atoms with Crippen molar-refractivity contribution in [2.24, 2.45) is 0 Å². The maximum atomic E-state index is 11.9. The van der Waals surface area contributed by atoms with E-state index in [1.807, 2.05) is 30.3 Å². The molecule has 1 aliphatic heterocycles. The molecule has 0 bridgehead atoms. The van der Waals surface area contributed by atoms with Gasteiger partial charge in [-0.2, -0.15) is 0 Å². The van der Waals surface area contributed by atoms with E-state index >= 15 is 0 Å². The number of carbonyl (C=O) groups is 3. The Morgan fingerprint density at radius 1 is 1.35 bits per heavy atom. The van der Waals surface area contributed by atoms with Crippen molar-refractivity contribution in [1.82, 2.24) is 5.32 Å². The van der Waals surface area contributed by atoms with E-state index in [-0.39, 0.29) is 25.0 Å². The molecule has 2 amide bonds. The minimum Gasteiger partial charge on any atom is -0.459 e. The van der Waals surface area contributed by atoms with Crippen LogP contribution >= 0.6 is 0 Å². The highest BCUT2D eigenvalue weighted by atomic mass is 16.5. The summed E-state index contributed by atoms with van der Waals surface area (Å²) >= 11 is 0. The Bertz CT molecular complexity index is 515. The molecule has 1 aromatic carbocycles. The zero-order chi connectivity index (χ0) is 14.5. The molecule has 0 spiro atoms. The third kappa shape index (κ3) is 3.14. The minimum atomic E-state index is -0.918. The van der Waals surface area contributed by atoms with Crippen LogP contribution in [0.2, 0.25) is 0 Å². The maximum Gasteiger partial charge on any atom is 0.396 e. The molecule has 0 unspecified atom stereocenters. The lowest BCUT2D eigenvalue weighted by Gasteiger charge is -2.16. The van der Waals surface area contributed by atoms with Gasteiger partial charge in [0.2, 0.25) is 5.91 Å². The molecular weight excluding hydrogens is 260 g/mol. The smallest absolute Gasteiger partial charge is 0.396 e. The van der Waals surface area contributed by atoms with E-state index in [2.05, 4.69) is 10.1 Å². The first-order valence-corrected chi connectivity index (χ1v) is 6.45. The van der Waals surface area contributed by atoms with Crippen molar-refractivity contribution in [3.63, 3.8) is 0 Å². The number of esters is 1. The molecule has 1 heterocycles. The van der Waals surface area contributed by atoms with Crippen LogP contribution in [0, 0.1) is 0 Å². The maximum absolute atomic E-state index is 11.9. The van der Waals surface area contributed by atoms with Gasteiger partial charge in [0.15, 0.2) is 0 Å². The molecule has 106 valence electrons. The molecular formula is C14H16N2O4. The van der Waals surface area contributed by atoms with Crippen LogP contribution in [0.15, 0.2) is 30.3 Å². The van der Waals surface area contributed by atoms with Crippen LogP contribution < -0.4 is 10.2 Å². The number of nitrogens with zero attached hydrogens (tertiary/aromatic N) is 1. The van der Waals surface area contributed by atoms with Gasteiger partial charge in [0, 0.05) is 18.7 Å². The first-order valence-electron chi connectivity index (χ1n) is 6.45. The van der Waals surface area contributed by atoms with Gasteiger partial charge in [-0.05, 0) is 19.1 Å². The second-order valence-corrected chi connectivity index (χ2v) is 4.43. The average Bonchev–Trinajstić information content (AvgIpc) is 2.80. The average molecular weight is 276 g/mol. The number of rotatable bonds is 3. The zero-order valence-corrected chi connectivity index (χ0v) is 11.2. The Morgan fingerprint density at radius 3 is 2.70 bits per heavy atom. The van der Waals surface area contributed by atoms with E-state index in [4.69, 9.17) is 0 Å². The molecule has 0 aromatic heterocycles. The standard InChI is InChI=1S/C14H16N2O4/c1-2-20-14(19)13(18)15-10-8-12(17)16(9-10)11-6-4-3-5-7-11/h3-7,10H,2,8-9H2,1H3,(H,15,18)/t10-/m1/s1. The second-order valence-electron chi connectivity index (χ2n) is 4.43. The number of hydrogen-bond donors (Lipinski definition) is 1. The molecule has 1 N–H and O–H groups in total. The zero-order valence-electron chi connectivity index (χ0n) is 11.2. The van der Waals surface area contributed by atoms with Crippen LogP contribution in [-0.2, 0) is 19.1 Å². The molecule has 2 rings (SSSR count). The van der Waals surface area contributed by atoms with Crippen molar-refractivity contribution >= 4 is 23.5 Å². The van der Waals surface area contributed by atoms with Crippen LogP contribution in [-0.4, -0.2) is 37.0 Å². The molecule has 1 fully saturated rings. The van der Waals surface area contributed by atoms with Gasteiger partial charge in [-0.3, -0.25) is 9.59 Å². The second kappa shape index (κ2) is 6.18. The van der Waals surface area contributed by atoms with Crippen molar-refractivity contribution in [1.29, 1.82) is 0 Å². The first-order chi connectivity index (χ1) is 9.61. The van der Waals surface area contributed by atoms with E-state index in [1.165, 1.54) is 0 Å². The summed E-state index contributed by atoms with van der Waals surface area (Å²) in [5.41, 5.74) is 0.783. The highest BCUT2D eigenvalue weighted by Gasteiger charge is 2.32. The predicted octanol–water partition coefficient (Wildman–Crippen LogP) is 0.471. The van der Waals surface area contributed by atoms with E-state index < -0.39 is 11.9 Å². The van der Waals surface area contributed by atoms with Gasteiger partial charge in [-0.15, -0.1) is 0 Å².